The third kappa shape index (κ3) is 4.68. The van der Waals surface area contributed by atoms with Gasteiger partial charge >= 0.3 is 0 Å². The van der Waals surface area contributed by atoms with Crippen LogP contribution in [0, 0.1) is 0 Å². The summed E-state index contributed by atoms with van der Waals surface area (Å²) in [6.45, 7) is 4.63. The summed E-state index contributed by atoms with van der Waals surface area (Å²) in [4.78, 5) is 14.5. The van der Waals surface area contributed by atoms with E-state index in [1.165, 1.54) is 0 Å². The van der Waals surface area contributed by atoms with Crippen LogP contribution in [0.2, 0.25) is 0 Å². The molecule has 1 atom stereocenters. The zero-order valence-electron chi connectivity index (χ0n) is 7.50. The average Bonchev–Trinajstić information content (AvgIpc) is 2.00. The van der Waals surface area contributed by atoms with Gasteiger partial charge in [0, 0.05) is 6.54 Å². The van der Waals surface area contributed by atoms with Gasteiger partial charge in [-0.1, -0.05) is 0 Å². The Morgan fingerprint density at radius 2 is 2.17 bits per heavy atom. The van der Waals surface area contributed by atoms with E-state index in [9.17, 15) is 4.79 Å². The van der Waals surface area contributed by atoms with Crippen molar-refractivity contribution < 1.29 is 4.79 Å². The molecule has 0 aliphatic carbocycles. The van der Waals surface area contributed by atoms with Crippen molar-refractivity contribution in [3.05, 3.63) is 0 Å². The lowest BCUT2D eigenvalue weighted by Crippen LogP contribution is -2.42. The molecule has 0 bridgehead atoms. The molecule has 0 aromatic rings. The second-order valence-electron chi connectivity index (χ2n) is 2.47. The first-order chi connectivity index (χ1) is 5.57. The molecule has 0 spiro atoms. The molecule has 70 valence electrons. The summed E-state index contributed by atoms with van der Waals surface area (Å²) in [5.41, 5.74) is 10.5. The Morgan fingerprint density at radius 3 is 2.58 bits per heavy atom. The number of aliphatic imine (C=N–C) groups is 1. The minimum Gasteiger partial charge on any atom is -0.386 e. The second kappa shape index (κ2) is 5.54. The fourth-order valence-corrected chi connectivity index (χ4v) is 0.617. The summed E-state index contributed by atoms with van der Waals surface area (Å²) in [5, 5.41) is 2.84. The molecule has 0 fully saturated rings. The van der Waals surface area contributed by atoms with Crippen molar-refractivity contribution in [1.82, 2.24) is 5.32 Å². The fourth-order valence-electron chi connectivity index (χ4n) is 0.617. The molecular formula is C7H16N4O. The number of hydrogen-bond donors (Lipinski definition) is 3. The molecule has 5 N–H and O–H groups in total. The van der Waals surface area contributed by atoms with E-state index >= 15 is 0 Å². The summed E-state index contributed by atoms with van der Waals surface area (Å²) >= 11 is 0. The summed E-state index contributed by atoms with van der Waals surface area (Å²) in [6, 6.07) is -0.365. The molecular weight excluding hydrogens is 156 g/mol. The number of primary amides is 1. The predicted octanol–water partition coefficient (Wildman–Crippen LogP) is -1.17. The van der Waals surface area contributed by atoms with Gasteiger partial charge in [0.05, 0.1) is 12.6 Å². The molecule has 12 heavy (non-hydrogen) atoms. The number of nitrogens with zero attached hydrogens (tertiary/aromatic N) is 1. The van der Waals surface area contributed by atoms with Gasteiger partial charge in [-0.15, -0.1) is 0 Å². The van der Waals surface area contributed by atoms with Gasteiger partial charge in [0.2, 0.25) is 5.91 Å². The van der Waals surface area contributed by atoms with E-state index in [2.05, 4.69) is 10.3 Å². The van der Waals surface area contributed by atoms with Crippen molar-refractivity contribution in [3.8, 4) is 0 Å². The lowest BCUT2D eigenvalue weighted by atomic mass is 10.3. The molecule has 5 nitrogen and oxygen atoms in total. The topological polar surface area (TPSA) is 93.5 Å². The highest BCUT2D eigenvalue weighted by atomic mass is 16.1. The fraction of sp³-hybridized carbons (Fsp3) is 0.714. The lowest BCUT2D eigenvalue weighted by Gasteiger charge is -2.08. The van der Waals surface area contributed by atoms with Gasteiger partial charge in [0.25, 0.3) is 0 Å². The number of nitrogens with two attached hydrogens (primary N) is 2. The van der Waals surface area contributed by atoms with Crippen molar-refractivity contribution in [2.24, 2.45) is 16.5 Å². The molecule has 0 radical (unpaired) electrons. The van der Waals surface area contributed by atoms with Crippen LogP contribution >= 0.6 is 0 Å². The zero-order valence-corrected chi connectivity index (χ0v) is 7.50. The maximum absolute atomic E-state index is 10.5. The average molecular weight is 172 g/mol. The van der Waals surface area contributed by atoms with E-state index in [0.717, 1.165) is 0 Å². The number of amidine groups is 1. The Morgan fingerprint density at radius 1 is 1.58 bits per heavy atom. The quantitative estimate of drug-likeness (QED) is 0.360. The van der Waals surface area contributed by atoms with Crippen molar-refractivity contribution >= 4 is 11.7 Å². The van der Waals surface area contributed by atoms with Crippen LogP contribution in [0.15, 0.2) is 4.99 Å². The Kier molecular flexibility index (Phi) is 5.03. The van der Waals surface area contributed by atoms with Crippen LogP contribution in [0.25, 0.3) is 0 Å². The van der Waals surface area contributed by atoms with E-state index in [0.29, 0.717) is 18.9 Å². The van der Waals surface area contributed by atoms with E-state index in [1.807, 2.05) is 6.92 Å². The van der Waals surface area contributed by atoms with Crippen LogP contribution in [-0.2, 0) is 4.79 Å². The molecule has 1 amide bonds. The van der Waals surface area contributed by atoms with Crippen molar-refractivity contribution in [1.29, 1.82) is 0 Å². The molecule has 0 aliphatic heterocycles. The molecule has 0 aliphatic rings. The van der Waals surface area contributed by atoms with Crippen LogP contribution in [0.3, 0.4) is 0 Å². The highest BCUT2D eigenvalue weighted by molar-refractivity contribution is 5.84. The molecule has 0 saturated carbocycles. The Labute approximate surface area is 72.2 Å². The standard InChI is InChI=1S/C7H16N4O/c1-3-10-6(8)4-11-5(2)7(9)12/h5,11H,3-4H2,1-2H3,(H2,8,10)(H2,9,12)/t5-/m0/s1. The summed E-state index contributed by atoms with van der Waals surface area (Å²) < 4.78 is 0. The maximum Gasteiger partial charge on any atom is 0.234 e. The van der Waals surface area contributed by atoms with Gasteiger partial charge in [-0.3, -0.25) is 15.1 Å². The summed E-state index contributed by atoms with van der Waals surface area (Å²) in [6.07, 6.45) is 0. The Hall–Kier alpha value is -1.10. The van der Waals surface area contributed by atoms with Crippen LogP contribution in [0.4, 0.5) is 0 Å². The van der Waals surface area contributed by atoms with Gasteiger partial charge in [-0.25, -0.2) is 0 Å². The smallest absolute Gasteiger partial charge is 0.234 e. The minimum atomic E-state index is -0.390. The Balaban J connectivity index is 3.68. The van der Waals surface area contributed by atoms with Gasteiger partial charge in [-0.2, -0.15) is 0 Å². The monoisotopic (exact) mass is 172 g/mol. The number of carbonyl (C=O) groups is 1. The molecule has 5 heteroatoms. The molecule has 0 aromatic heterocycles. The van der Waals surface area contributed by atoms with Crippen LogP contribution in [0.5, 0.6) is 0 Å². The largest absolute Gasteiger partial charge is 0.386 e. The van der Waals surface area contributed by atoms with E-state index in [4.69, 9.17) is 11.5 Å². The van der Waals surface area contributed by atoms with Gasteiger partial charge in [0.1, 0.15) is 5.84 Å². The van der Waals surface area contributed by atoms with Gasteiger partial charge < -0.3 is 11.5 Å². The maximum atomic E-state index is 10.5. The highest BCUT2D eigenvalue weighted by Gasteiger charge is 2.06. The molecule has 0 saturated heterocycles. The number of amides is 1. The molecule has 0 heterocycles. The first-order valence-electron chi connectivity index (χ1n) is 3.89. The van der Waals surface area contributed by atoms with Crippen LogP contribution < -0.4 is 16.8 Å². The second-order valence-corrected chi connectivity index (χ2v) is 2.47. The SMILES string of the molecule is CCN=C(N)CN[C@@H](C)C(N)=O. The minimum absolute atomic E-state index is 0.365. The first-order valence-corrected chi connectivity index (χ1v) is 3.89. The van der Waals surface area contributed by atoms with Gasteiger partial charge in [0.15, 0.2) is 0 Å². The molecule has 0 rings (SSSR count). The Bertz CT molecular complexity index is 178. The van der Waals surface area contributed by atoms with Crippen molar-refractivity contribution in [2.45, 2.75) is 19.9 Å². The van der Waals surface area contributed by atoms with Crippen LogP contribution in [-0.4, -0.2) is 30.9 Å². The summed E-state index contributed by atoms with van der Waals surface area (Å²) in [7, 11) is 0. The zero-order chi connectivity index (χ0) is 9.56. The first kappa shape index (κ1) is 10.9. The normalized spacial score (nSPS) is 14.3. The third-order valence-electron chi connectivity index (χ3n) is 1.38. The van der Waals surface area contributed by atoms with Crippen molar-refractivity contribution in [2.75, 3.05) is 13.1 Å². The third-order valence-corrected chi connectivity index (χ3v) is 1.38. The predicted molar refractivity (Wildman–Crippen MR) is 48.8 cm³/mol. The number of nitrogens with one attached hydrogen (secondary N) is 1. The van der Waals surface area contributed by atoms with Crippen LogP contribution in [0.1, 0.15) is 13.8 Å². The number of carbonyl (C=O) groups excluding carboxylic acids is 1. The van der Waals surface area contributed by atoms with Crippen molar-refractivity contribution in [3.63, 3.8) is 0 Å². The summed E-state index contributed by atoms with van der Waals surface area (Å²) in [5.74, 6) is 0.102. The number of rotatable bonds is 5. The van der Waals surface area contributed by atoms with E-state index < -0.39 is 0 Å². The highest BCUT2D eigenvalue weighted by Crippen LogP contribution is 1.77. The lowest BCUT2D eigenvalue weighted by molar-refractivity contribution is -0.119. The van der Waals surface area contributed by atoms with E-state index in [1.54, 1.807) is 6.92 Å². The number of hydrogen-bond acceptors (Lipinski definition) is 3. The van der Waals surface area contributed by atoms with E-state index in [-0.39, 0.29) is 11.9 Å². The molecule has 0 unspecified atom stereocenters. The molecule has 0 aromatic carbocycles. The van der Waals surface area contributed by atoms with Gasteiger partial charge in [-0.05, 0) is 13.8 Å².